The summed E-state index contributed by atoms with van der Waals surface area (Å²) in [6.07, 6.45) is -4.80. The predicted molar refractivity (Wildman–Crippen MR) is 80.5 cm³/mol. The lowest BCUT2D eigenvalue weighted by Gasteiger charge is -2.09. The van der Waals surface area contributed by atoms with Crippen LogP contribution in [0, 0.1) is 5.82 Å². The molecule has 0 unspecified atom stereocenters. The molecule has 0 aliphatic carbocycles. The van der Waals surface area contributed by atoms with Gasteiger partial charge in [-0.15, -0.1) is 0 Å². The van der Waals surface area contributed by atoms with E-state index in [0.29, 0.717) is 5.02 Å². The van der Waals surface area contributed by atoms with E-state index in [1.54, 1.807) is 24.3 Å². The van der Waals surface area contributed by atoms with Gasteiger partial charge < -0.3 is 9.26 Å². The molecule has 9 heteroatoms. The molecule has 4 nitrogen and oxygen atoms in total. The van der Waals surface area contributed by atoms with Crippen LogP contribution < -0.4 is 4.74 Å². The van der Waals surface area contributed by atoms with E-state index in [2.05, 4.69) is 14.7 Å². The van der Waals surface area contributed by atoms with Gasteiger partial charge in [0, 0.05) is 5.02 Å². The Hall–Kier alpha value is -2.61. The van der Waals surface area contributed by atoms with E-state index in [9.17, 15) is 17.6 Å². The Labute approximate surface area is 144 Å². The highest BCUT2D eigenvalue weighted by Crippen LogP contribution is 2.32. The van der Waals surface area contributed by atoms with E-state index < -0.39 is 23.7 Å². The third kappa shape index (κ3) is 3.90. The molecule has 1 aromatic heterocycles. The van der Waals surface area contributed by atoms with Crippen LogP contribution in [-0.2, 0) is 12.8 Å². The van der Waals surface area contributed by atoms with Crippen molar-refractivity contribution in [3.8, 4) is 17.1 Å². The summed E-state index contributed by atoms with van der Waals surface area (Å²) in [4.78, 5) is 3.17. The molecule has 0 saturated heterocycles. The van der Waals surface area contributed by atoms with Crippen molar-refractivity contribution < 1.29 is 26.8 Å². The zero-order valence-electron chi connectivity index (χ0n) is 12.3. The Bertz CT molecular complexity index is 879. The molecule has 0 bridgehead atoms. The molecule has 0 saturated carbocycles. The van der Waals surface area contributed by atoms with Crippen molar-refractivity contribution in [2.24, 2.45) is 0 Å². The van der Waals surface area contributed by atoms with Crippen molar-refractivity contribution >= 4 is 11.6 Å². The maximum absolute atomic E-state index is 14.5. The predicted octanol–water partition coefficient (Wildman–Crippen LogP) is 5.13. The van der Waals surface area contributed by atoms with Gasteiger partial charge in [0.1, 0.15) is 6.61 Å². The number of aromatic nitrogens is 2. The largest absolute Gasteiger partial charge is 0.486 e. The Kier molecular flexibility index (Phi) is 4.63. The van der Waals surface area contributed by atoms with Crippen LogP contribution in [0.4, 0.5) is 17.6 Å². The van der Waals surface area contributed by atoms with Gasteiger partial charge in [0.05, 0.1) is 5.56 Å². The molecule has 130 valence electrons. The van der Waals surface area contributed by atoms with Crippen LogP contribution in [0.1, 0.15) is 11.5 Å². The molecule has 0 spiro atoms. The molecule has 2 aromatic carbocycles. The highest BCUT2D eigenvalue weighted by atomic mass is 35.5. The molecule has 3 aromatic rings. The molecule has 0 N–H and O–H groups in total. The van der Waals surface area contributed by atoms with E-state index in [0.717, 1.165) is 5.56 Å². The summed E-state index contributed by atoms with van der Waals surface area (Å²) in [5, 5.41) is 3.72. The van der Waals surface area contributed by atoms with Gasteiger partial charge in [0.15, 0.2) is 11.6 Å². The molecule has 1 heterocycles. The summed E-state index contributed by atoms with van der Waals surface area (Å²) in [5.41, 5.74) is 0.487. The smallest absolute Gasteiger partial charge is 0.471 e. The second-order valence-electron chi connectivity index (χ2n) is 4.95. The second kappa shape index (κ2) is 6.72. The van der Waals surface area contributed by atoms with Gasteiger partial charge in [-0.2, -0.15) is 18.2 Å². The molecule has 0 amide bonds. The molecule has 0 fully saturated rings. The Morgan fingerprint density at radius 3 is 2.44 bits per heavy atom. The first-order valence-electron chi connectivity index (χ1n) is 6.91. The lowest BCUT2D eigenvalue weighted by atomic mass is 10.2. The highest BCUT2D eigenvalue weighted by Gasteiger charge is 2.38. The van der Waals surface area contributed by atoms with E-state index in [1.165, 1.54) is 18.2 Å². The van der Waals surface area contributed by atoms with E-state index in [4.69, 9.17) is 16.3 Å². The Morgan fingerprint density at radius 2 is 1.80 bits per heavy atom. The minimum atomic E-state index is -4.80. The molecule has 0 radical (unpaired) electrons. The van der Waals surface area contributed by atoms with Crippen molar-refractivity contribution in [1.82, 2.24) is 10.1 Å². The van der Waals surface area contributed by atoms with Gasteiger partial charge in [-0.1, -0.05) is 35.0 Å². The molecule has 0 aliphatic heterocycles. The maximum Gasteiger partial charge on any atom is 0.471 e. The van der Waals surface area contributed by atoms with Crippen molar-refractivity contribution in [1.29, 1.82) is 0 Å². The molecular weight excluding hydrogens is 364 g/mol. The van der Waals surface area contributed by atoms with Crippen LogP contribution in [0.2, 0.25) is 5.02 Å². The summed E-state index contributed by atoms with van der Waals surface area (Å²) in [7, 11) is 0. The van der Waals surface area contributed by atoms with Crippen molar-refractivity contribution in [2.45, 2.75) is 12.8 Å². The highest BCUT2D eigenvalue weighted by molar-refractivity contribution is 6.30. The summed E-state index contributed by atoms with van der Waals surface area (Å²) in [6.45, 7) is 0.0532. The SMILES string of the molecule is Fc1c(OCc2ccc(Cl)cc2)cccc1-c1noc(C(F)(F)F)n1. The number of halogens is 5. The Morgan fingerprint density at radius 1 is 1.08 bits per heavy atom. The third-order valence-electron chi connectivity index (χ3n) is 3.18. The van der Waals surface area contributed by atoms with Crippen LogP contribution in [0.15, 0.2) is 47.0 Å². The normalized spacial score (nSPS) is 11.6. The topological polar surface area (TPSA) is 48.2 Å². The van der Waals surface area contributed by atoms with Gasteiger partial charge in [0.2, 0.25) is 5.82 Å². The van der Waals surface area contributed by atoms with E-state index >= 15 is 0 Å². The van der Waals surface area contributed by atoms with Crippen molar-refractivity contribution in [3.05, 3.63) is 64.8 Å². The van der Waals surface area contributed by atoms with Crippen molar-refractivity contribution in [2.75, 3.05) is 0 Å². The number of benzene rings is 2. The fraction of sp³-hybridized carbons (Fsp3) is 0.125. The maximum atomic E-state index is 14.5. The van der Waals surface area contributed by atoms with Gasteiger partial charge in [-0.25, -0.2) is 4.39 Å². The fourth-order valence-corrected chi connectivity index (χ4v) is 2.11. The molecule has 25 heavy (non-hydrogen) atoms. The van der Waals surface area contributed by atoms with Crippen molar-refractivity contribution in [3.63, 3.8) is 0 Å². The van der Waals surface area contributed by atoms with Crippen LogP contribution in [0.25, 0.3) is 11.4 Å². The molecule has 0 atom stereocenters. The summed E-state index contributed by atoms with van der Waals surface area (Å²) >= 11 is 5.77. The Balaban J connectivity index is 1.82. The van der Waals surface area contributed by atoms with Gasteiger partial charge in [0.25, 0.3) is 0 Å². The van der Waals surface area contributed by atoms with Crippen LogP contribution >= 0.6 is 11.6 Å². The van der Waals surface area contributed by atoms with E-state index in [-0.39, 0.29) is 17.9 Å². The van der Waals surface area contributed by atoms with Crippen LogP contribution in [-0.4, -0.2) is 10.1 Å². The van der Waals surface area contributed by atoms with Crippen LogP contribution in [0.5, 0.6) is 5.75 Å². The summed E-state index contributed by atoms with van der Waals surface area (Å²) < 4.78 is 61.5. The lowest BCUT2D eigenvalue weighted by molar-refractivity contribution is -0.159. The number of hydrogen-bond acceptors (Lipinski definition) is 4. The zero-order chi connectivity index (χ0) is 18.0. The van der Waals surface area contributed by atoms with Gasteiger partial charge >= 0.3 is 12.1 Å². The number of ether oxygens (including phenoxy) is 1. The fourth-order valence-electron chi connectivity index (χ4n) is 1.98. The molecular formula is C16H9ClF4N2O2. The average Bonchev–Trinajstić information content (AvgIpc) is 3.05. The minimum absolute atomic E-state index is 0.0532. The number of nitrogens with zero attached hydrogens (tertiary/aromatic N) is 2. The third-order valence-corrected chi connectivity index (χ3v) is 3.43. The lowest BCUT2D eigenvalue weighted by Crippen LogP contribution is -2.05. The van der Waals surface area contributed by atoms with Gasteiger partial charge in [-0.3, -0.25) is 0 Å². The van der Waals surface area contributed by atoms with Gasteiger partial charge in [-0.05, 0) is 29.8 Å². The standard InChI is InChI=1S/C16H9ClF4N2O2/c17-10-6-4-9(5-7-10)8-24-12-3-1-2-11(13(12)18)14-22-15(25-23-14)16(19,20)21/h1-7H,8H2. The van der Waals surface area contributed by atoms with Crippen LogP contribution in [0.3, 0.4) is 0 Å². The van der Waals surface area contributed by atoms with E-state index in [1.807, 2.05) is 0 Å². The first-order chi connectivity index (χ1) is 11.8. The number of alkyl halides is 3. The summed E-state index contributed by atoms with van der Waals surface area (Å²) in [6, 6.07) is 10.7. The number of hydrogen-bond donors (Lipinski definition) is 0. The average molecular weight is 373 g/mol. The second-order valence-corrected chi connectivity index (χ2v) is 5.39. The quantitative estimate of drug-likeness (QED) is 0.596. The zero-order valence-corrected chi connectivity index (χ0v) is 13.1. The molecule has 0 aliphatic rings. The first kappa shape index (κ1) is 17.2. The molecule has 3 rings (SSSR count). The number of rotatable bonds is 4. The monoisotopic (exact) mass is 372 g/mol. The first-order valence-corrected chi connectivity index (χ1v) is 7.29. The summed E-state index contributed by atoms with van der Waals surface area (Å²) in [5.74, 6) is -3.09. The minimum Gasteiger partial charge on any atom is -0.486 e.